The fraction of sp³-hybridized carbons (Fsp3) is 1.00. The largest absolute Gasteiger partial charge is 0.316 e. The Morgan fingerprint density at radius 1 is 1.19 bits per heavy atom. The van der Waals surface area contributed by atoms with Gasteiger partial charge in [-0.15, -0.1) is 0 Å². The molecule has 0 spiro atoms. The van der Waals surface area contributed by atoms with E-state index >= 15 is 0 Å². The minimum Gasteiger partial charge on any atom is -0.316 e. The van der Waals surface area contributed by atoms with Crippen molar-refractivity contribution in [3.05, 3.63) is 0 Å². The Balaban J connectivity index is 2.12. The van der Waals surface area contributed by atoms with Crippen molar-refractivity contribution < 1.29 is 0 Å². The van der Waals surface area contributed by atoms with E-state index < -0.39 is 0 Å². The standard InChI is InChI=1S/C15H31N/c1-4-6-9-14(5-2)12-16-13-15(3)10-7-8-11-15/h14,16H,4-13H2,1-3H3. The van der Waals surface area contributed by atoms with E-state index in [4.69, 9.17) is 0 Å². The van der Waals surface area contributed by atoms with Crippen LogP contribution in [-0.2, 0) is 0 Å². The molecule has 0 bridgehead atoms. The molecule has 1 rings (SSSR count). The lowest BCUT2D eigenvalue weighted by atomic mass is 9.88. The Labute approximate surface area is 102 Å². The van der Waals surface area contributed by atoms with Crippen molar-refractivity contribution in [2.45, 2.75) is 72.1 Å². The molecule has 0 aromatic heterocycles. The van der Waals surface area contributed by atoms with Gasteiger partial charge in [0.05, 0.1) is 0 Å². The molecule has 0 aliphatic heterocycles. The molecule has 1 aliphatic rings. The van der Waals surface area contributed by atoms with Gasteiger partial charge in [0.15, 0.2) is 0 Å². The van der Waals surface area contributed by atoms with Gasteiger partial charge in [-0.05, 0) is 37.1 Å². The van der Waals surface area contributed by atoms with Crippen molar-refractivity contribution in [2.75, 3.05) is 13.1 Å². The van der Waals surface area contributed by atoms with Gasteiger partial charge >= 0.3 is 0 Å². The van der Waals surface area contributed by atoms with Crippen molar-refractivity contribution in [3.8, 4) is 0 Å². The predicted molar refractivity (Wildman–Crippen MR) is 72.8 cm³/mol. The van der Waals surface area contributed by atoms with Crippen molar-refractivity contribution in [2.24, 2.45) is 11.3 Å². The normalized spacial score (nSPS) is 21.2. The zero-order valence-electron chi connectivity index (χ0n) is 11.6. The van der Waals surface area contributed by atoms with Crippen LogP contribution >= 0.6 is 0 Å². The summed E-state index contributed by atoms with van der Waals surface area (Å²) in [6.45, 7) is 9.57. The van der Waals surface area contributed by atoms with Crippen molar-refractivity contribution in [1.82, 2.24) is 5.32 Å². The van der Waals surface area contributed by atoms with Gasteiger partial charge in [-0.1, -0.05) is 52.9 Å². The fourth-order valence-corrected chi connectivity index (χ4v) is 2.93. The van der Waals surface area contributed by atoms with Gasteiger partial charge in [-0.3, -0.25) is 0 Å². The maximum atomic E-state index is 3.73. The number of nitrogens with one attached hydrogen (secondary N) is 1. The summed E-state index contributed by atoms with van der Waals surface area (Å²) >= 11 is 0. The van der Waals surface area contributed by atoms with E-state index in [-0.39, 0.29) is 0 Å². The average molecular weight is 225 g/mol. The molecule has 1 heteroatoms. The van der Waals surface area contributed by atoms with Gasteiger partial charge in [-0.2, -0.15) is 0 Å². The lowest BCUT2D eigenvalue weighted by Crippen LogP contribution is -2.32. The summed E-state index contributed by atoms with van der Waals surface area (Å²) in [6.07, 6.45) is 11.3. The molecule has 0 aromatic rings. The lowest BCUT2D eigenvalue weighted by molar-refractivity contribution is 0.298. The molecule has 96 valence electrons. The summed E-state index contributed by atoms with van der Waals surface area (Å²) in [6, 6.07) is 0. The molecule has 1 nitrogen and oxygen atoms in total. The van der Waals surface area contributed by atoms with Crippen LogP contribution in [0.2, 0.25) is 0 Å². The molecule has 0 radical (unpaired) electrons. The van der Waals surface area contributed by atoms with E-state index in [0.717, 1.165) is 5.92 Å². The van der Waals surface area contributed by atoms with Crippen LogP contribution in [0, 0.1) is 11.3 Å². The molecular formula is C15H31N. The highest BCUT2D eigenvalue weighted by atomic mass is 14.9. The Kier molecular flexibility index (Phi) is 6.41. The summed E-state index contributed by atoms with van der Waals surface area (Å²) in [7, 11) is 0. The molecule has 1 N–H and O–H groups in total. The van der Waals surface area contributed by atoms with E-state index in [1.807, 2.05) is 0 Å². The molecule has 0 amide bonds. The first-order chi connectivity index (χ1) is 7.70. The number of rotatable bonds is 8. The van der Waals surface area contributed by atoms with E-state index in [0.29, 0.717) is 5.41 Å². The second kappa shape index (κ2) is 7.32. The quantitative estimate of drug-likeness (QED) is 0.646. The molecule has 1 fully saturated rings. The van der Waals surface area contributed by atoms with E-state index in [9.17, 15) is 0 Å². The van der Waals surface area contributed by atoms with Gasteiger partial charge in [0.25, 0.3) is 0 Å². The third-order valence-electron chi connectivity index (χ3n) is 4.34. The Morgan fingerprint density at radius 2 is 1.88 bits per heavy atom. The highest BCUT2D eigenvalue weighted by molar-refractivity contribution is 4.82. The summed E-state index contributed by atoms with van der Waals surface area (Å²) in [5.74, 6) is 0.907. The van der Waals surface area contributed by atoms with Crippen LogP contribution < -0.4 is 5.32 Å². The van der Waals surface area contributed by atoms with E-state index in [1.54, 1.807) is 0 Å². The summed E-state index contributed by atoms with van der Waals surface area (Å²) in [5, 5.41) is 3.73. The van der Waals surface area contributed by atoms with Crippen molar-refractivity contribution in [3.63, 3.8) is 0 Å². The summed E-state index contributed by atoms with van der Waals surface area (Å²) < 4.78 is 0. The van der Waals surface area contributed by atoms with Crippen LogP contribution in [0.5, 0.6) is 0 Å². The minimum absolute atomic E-state index is 0.614. The molecule has 0 heterocycles. The first-order valence-electron chi connectivity index (χ1n) is 7.41. The first-order valence-corrected chi connectivity index (χ1v) is 7.41. The second-order valence-corrected chi connectivity index (χ2v) is 6.07. The zero-order chi connectivity index (χ0) is 11.9. The minimum atomic E-state index is 0.614. The third-order valence-corrected chi connectivity index (χ3v) is 4.34. The van der Waals surface area contributed by atoms with Gasteiger partial charge in [0.2, 0.25) is 0 Å². The molecule has 16 heavy (non-hydrogen) atoms. The fourth-order valence-electron chi connectivity index (χ4n) is 2.93. The Morgan fingerprint density at radius 3 is 2.44 bits per heavy atom. The number of hydrogen-bond donors (Lipinski definition) is 1. The van der Waals surface area contributed by atoms with Gasteiger partial charge in [0, 0.05) is 6.54 Å². The smallest absolute Gasteiger partial charge is 0.000527 e. The van der Waals surface area contributed by atoms with Crippen LogP contribution in [0.4, 0.5) is 0 Å². The maximum absolute atomic E-state index is 3.73. The highest BCUT2D eigenvalue weighted by Gasteiger charge is 2.27. The van der Waals surface area contributed by atoms with Crippen LogP contribution in [0.15, 0.2) is 0 Å². The molecule has 1 unspecified atom stereocenters. The van der Waals surface area contributed by atoms with E-state index in [1.165, 1.54) is 64.5 Å². The third kappa shape index (κ3) is 4.86. The van der Waals surface area contributed by atoms with Crippen LogP contribution in [0.25, 0.3) is 0 Å². The van der Waals surface area contributed by atoms with Crippen LogP contribution in [0.1, 0.15) is 72.1 Å². The molecule has 0 aromatic carbocycles. The molecule has 0 saturated heterocycles. The maximum Gasteiger partial charge on any atom is 0.000527 e. The van der Waals surface area contributed by atoms with Gasteiger partial charge in [0.1, 0.15) is 0 Å². The number of hydrogen-bond acceptors (Lipinski definition) is 1. The summed E-state index contributed by atoms with van der Waals surface area (Å²) in [4.78, 5) is 0. The summed E-state index contributed by atoms with van der Waals surface area (Å²) in [5.41, 5.74) is 0.614. The highest BCUT2D eigenvalue weighted by Crippen LogP contribution is 2.36. The molecule has 1 atom stereocenters. The monoisotopic (exact) mass is 225 g/mol. The zero-order valence-corrected chi connectivity index (χ0v) is 11.6. The van der Waals surface area contributed by atoms with Crippen molar-refractivity contribution >= 4 is 0 Å². The molecule has 1 saturated carbocycles. The van der Waals surface area contributed by atoms with Crippen LogP contribution in [0.3, 0.4) is 0 Å². The Bertz CT molecular complexity index is 170. The molecule has 1 aliphatic carbocycles. The SMILES string of the molecule is CCCCC(CC)CNCC1(C)CCCC1. The Hall–Kier alpha value is -0.0400. The average Bonchev–Trinajstić information content (AvgIpc) is 2.70. The predicted octanol–water partition coefficient (Wildman–Crippen LogP) is 4.37. The van der Waals surface area contributed by atoms with Crippen LogP contribution in [-0.4, -0.2) is 13.1 Å². The molecular weight excluding hydrogens is 194 g/mol. The topological polar surface area (TPSA) is 12.0 Å². The number of unbranched alkanes of at least 4 members (excludes halogenated alkanes) is 1. The van der Waals surface area contributed by atoms with E-state index in [2.05, 4.69) is 26.1 Å². The lowest BCUT2D eigenvalue weighted by Gasteiger charge is -2.25. The second-order valence-electron chi connectivity index (χ2n) is 6.07. The first kappa shape index (κ1) is 14.0. The van der Waals surface area contributed by atoms with Crippen molar-refractivity contribution in [1.29, 1.82) is 0 Å². The van der Waals surface area contributed by atoms with Gasteiger partial charge < -0.3 is 5.32 Å². The van der Waals surface area contributed by atoms with Gasteiger partial charge in [-0.25, -0.2) is 0 Å².